The van der Waals surface area contributed by atoms with Gasteiger partial charge in [-0.25, -0.2) is 4.98 Å². The molecule has 0 aromatic carbocycles. The summed E-state index contributed by atoms with van der Waals surface area (Å²) in [6, 6.07) is -0.200. The number of carbonyl (C=O) groups is 1. The van der Waals surface area contributed by atoms with Crippen LogP contribution in [0.3, 0.4) is 0 Å². The predicted molar refractivity (Wildman–Crippen MR) is 102 cm³/mol. The van der Waals surface area contributed by atoms with Gasteiger partial charge in [0, 0.05) is 32.1 Å². The monoisotopic (exact) mass is 373 g/mol. The minimum atomic E-state index is -0.200. The van der Waals surface area contributed by atoms with Crippen molar-refractivity contribution in [2.24, 2.45) is 5.41 Å². The van der Waals surface area contributed by atoms with E-state index in [1.165, 1.54) is 30.7 Å². The van der Waals surface area contributed by atoms with Crippen molar-refractivity contribution in [2.75, 3.05) is 37.6 Å². The number of aromatic nitrogens is 1. The molecule has 2 saturated heterocycles. The molecule has 1 aromatic rings. The van der Waals surface area contributed by atoms with E-state index in [4.69, 9.17) is 4.98 Å². The molecule has 3 aliphatic rings. The van der Waals surface area contributed by atoms with Crippen molar-refractivity contribution in [3.8, 4) is 6.19 Å². The number of piperazine rings is 2. The number of anilines is 1. The van der Waals surface area contributed by atoms with Gasteiger partial charge in [0.05, 0.1) is 17.7 Å². The van der Waals surface area contributed by atoms with Gasteiger partial charge in [0.1, 0.15) is 11.0 Å². The zero-order valence-electron chi connectivity index (χ0n) is 15.6. The van der Waals surface area contributed by atoms with Gasteiger partial charge in [-0.3, -0.25) is 14.6 Å². The number of amides is 1. The van der Waals surface area contributed by atoms with E-state index in [0.29, 0.717) is 12.5 Å². The molecule has 1 saturated carbocycles. The summed E-state index contributed by atoms with van der Waals surface area (Å²) in [6.45, 7) is 8.31. The van der Waals surface area contributed by atoms with Crippen LogP contribution in [0.2, 0.25) is 0 Å². The van der Waals surface area contributed by atoms with Gasteiger partial charge in [0.25, 0.3) is 0 Å². The molecular formula is C19H27N5OS. The fourth-order valence-electron chi connectivity index (χ4n) is 4.67. The summed E-state index contributed by atoms with van der Waals surface area (Å²) in [7, 11) is 0. The molecule has 1 unspecified atom stereocenters. The second-order valence-electron chi connectivity index (χ2n) is 8.41. The number of hydrogen-bond donors (Lipinski definition) is 0. The van der Waals surface area contributed by atoms with Crippen molar-refractivity contribution in [1.29, 1.82) is 5.26 Å². The molecule has 2 aliphatic heterocycles. The van der Waals surface area contributed by atoms with Crippen molar-refractivity contribution < 1.29 is 4.79 Å². The maximum absolute atomic E-state index is 13.1. The van der Waals surface area contributed by atoms with Gasteiger partial charge in [-0.05, 0) is 18.3 Å². The van der Waals surface area contributed by atoms with Crippen LogP contribution in [0.15, 0.2) is 6.20 Å². The standard InChI is InChI=1S/C19H27N5OS/c1-19(2)6-4-3-5-14(19)17-21-11-16(26-17)24-10-9-23-8-7-22(13-20)12-15(23)18(24)25/h11,14-15H,3-10,12H2,1-2H3/t14-,15?/m0/s1. The Balaban J connectivity index is 1.52. The zero-order valence-corrected chi connectivity index (χ0v) is 16.5. The first kappa shape index (κ1) is 17.7. The Morgan fingerprint density at radius 1 is 1.27 bits per heavy atom. The van der Waals surface area contributed by atoms with E-state index in [1.807, 2.05) is 11.1 Å². The van der Waals surface area contributed by atoms with Crippen LogP contribution < -0.4 is 4.90 Å². The molecule has 140 valence electrons. The summed E-state index contributed by atoms with van der Waals surface area (Å²) in [5.74, 6) is 0.615. The maximum Gasteiger partial charge on any atom is 0.246 e. The molecule has 4 rings (SSSR count). The highest BCUT2D eigenvalue weighted by Gasteiger charge is 2.40. The third kappa shape index (κ3) is 3.10. The Morgan fingerprint density at radius 2 is 2.08 bits per heavy atom. The largest absolute Gasteiger partial charge is 0.307 e. The van der Waals surface area contributed by atoms with E-state index in [0.717, 1.165) is 31.2 Å². The second kappa shape index (κ2) is 6.82. The highest BCUT2D eigenvalue weighted by atomic mass is 32.1. The summed E-state index contributed by atoms with van der Waals surface area (Å²) in [5.41, 5.74) is 0.284. The second-order valence-corrected chi connectivity index (χ2v) is 9.45. The van der Waals surface area contributed by atoms with Crippen molar-refractivity contribution in [2.45, 2.75) is 51.5 Å². The normalized spacial score (nSPS) is 29.3. The van der Waals surface area contributed by atoms with Crippen LogP contribution in [-0.2, 0) is 4.79 Å². The van der Waals surface area contributed by atoms with E-state index in [-0.39, 0.29) is 17.4 Å². The maximum atomic E-state index is 13.1. The highest BCUT2D eigenvalue weighted by molar-refractivity contribution is 7.16. The summed E-state index contributed by atoms with van der Waals surface area (Å²) in [4.78, 5) is 23.6. The lowest BCUT2D eigenvalue weighted by atomic mass is 9.69. The first-order chi connectivity index (χ1) is 12.5. The molecule has 0 spiro atoms. The molecule has 1 amide bonds. The van der Waals surface area contributed by atoms with E-state index in [1.54, 1.807) is 16.2 Å². The fraction of sp³-hybridized carbons (Fsp3) is 0.737. The molecule has 2 atom stereocenters. The van der Waals surface area contributed by atoms with Crippen molar-refractivity contribution in [1.82, 2.24) is 14.8 Å². The molecule has 6 nitrogen and oxygen atoms in total. The molecule has 3 fully saturated rings. The first-order valence-electron chi connectivity index (χ1n) is 9.65. The van der Waals surface area contributed by atoms with Crippen molar-refractivity contribution in [3.63, 3.8) is 0 Å². The number of nitriles is 1. The number of carbonyl (C=O) groups excluding carboxylic acids is 1. The third-order valence-corrected chi connectivity index (χ3v) is 7.51. The molecule has 0 radical (unpaired) electrons. The summed E-state index contributed by atoms with van der Waals surface area (Å²) < 4.78 is 0. The summed E-state index contributed by atoms with van der Waals surface area (Å²) in [6.07, 6.45) is 9.10. The van der Waals surface area contributed by atoms with Gasteiger partial charge in [-0.1, -0.05) is 26.7 Å². The number of nitrogens with zero attached hydrogens (tertiary/aromatic N) is 5. The molecule has 3 heterocycles. The number of thiazole rings is 1. The van der Waals surface area contributed by atoms with Gasteiger partial charge in [0.15, 0.2) is 6.19 Å². The smallest absolute Gasteiger partial charge is 0.246 e. The summed E-state index contributed by atoms with van der Waals surface area (Å²) >= 11 is 1.69. The van der Waals surface area contributed by atoms with Crippen LogP contribution in [-0.4, -0.2) is 59.5 Å². The molecule has 7 heteroatoms. The lowest BCUT2D eigenvalue weighted by molar-refractivity contribution is -0.127. The van der Waals surface area contributed by atoms with Crippen LogP contribution in [0.25, 0.3) is 0 Å². The Kier molecular flexibility index (Phi) is 4.66. The minimum absolute atomic E-state index is 0.120. The van der Waals surface area contributed by atoms with E-state index in [2.05, 4.69) is 24.9 Å². The summed E-state index contributed by atoms with van der Waals surface area (Å²) in [5, 5.41) is 11.3. The van der Waals surface area contributed by atoms with E-state index < -0.39 is 0 Å². The topological polar surface area (TPSA) is 63.5 Å². The Hall–Kier alpha value is -1.65. The van der Waals surface area contributed by atoms with Gasteiger partial charge in [-0.15, -0.1) is 11.3 Å². The molecule has 1 aromatic heterocycles. The Labute approximate surface area is 159 Å². The van der Waals surface area contributed by atoms with E-state index >= 15 is 0 Å². The Bertz CT molecular complexity index is 724. The number of hydrogen-bond acceptors (Lipinski definition) is 6. The molecule has 26 heavy (non-hydrogen) atoms. The third-order valence-electron chi connectivity index (χ3n) is 6.38. The Morgan fingerprint density at radius 3 is 2.85 bits per heavy atom. The minimum Gasteiger partial charge on any atom is -0.307 e. The molecular weight excluding hydrogens is 346 g/mol. The average Bonchev–Trinajstić information content (AvgIpc) is 3.11. The SMILES string of the molecule is CC1(C)CCCC[C@H]1c1ncc(N2CCN3CCN(C#N)CC3C2=O)s1. The average molecular weight is 374 g/mol. The lowest BCUT2D eigenvalue weighted by Crippen LogP contribution is -2.64. The number of rotatable bonds is 2. The van der Waals surface area contributed by atoms with Crippen LogP contribution in [0.1, 0.15) is 50.5 Å². The van der Waals surface area contributed by atoms with Gasteiger partial charge in [-0.2, -0.15) is 5.26 Å². The van der Waals surface area contributed by atoms with Gasteiger partial charge in [0.2, 0.25) is 5.91 Å². The molecule has 0 N–H and O–H groups in total. The van der Waals surface area contributed by atoms with Gasteiger partial charge < -0.3 is 4.90 Å². The van der Waals surface area contributed by atoms with Crippen LogP contribution >= 0.6 is 11.3 Å². The molecule has 0 bridgehead atoms. The molecule has 1 aliphatic carbocycles. The van der Waals surface area contributed by atoms with Crippen molar-refractivity contribution >= 4 is 22.2 Å². The van der Waals surface area contributed by atoms with Gasteiger partial charge >= 0.3 is 0 Å². The number of fused-ring (bicyclic) bond motifs is 1. The fourth-order valence-corrected chi connectivity index (χ4v) is 5.96. The predicted octanol–water partition coefficient (Wildman–Crippen LogP) is 2.64. The lowest BCUT2D eigenvalue weighted by Gasteiger charge is -2.44. The highest BCUT2D eigenvalue weighted by Crippen LogP contribution is 2.48. The zero-order chi connectivity index (χ0) is 18.3. The van der Waals surface area contributed by atoms with Crippen molar-refractivity contribution in [3.05, 3.63) is 11.2 Å². The van der Waals surface area contributed by atoms with Crippen LogP contribution in [0.4, 0.5) is 5.00 Å². The van der Waals surface area contributed by atoms with E-state index in [9.17, 15) is 10.1 Å². The van der Waals surface area contributed by atoms with Crippen LogP contribution in [0, 0.1) is 16.9 Å². The first-order valence-corrected chi connectivity index (χ1v) is 10.5. The van der Waals surface area contributed by atoms with Crippen LogP contribution in [0.5, 0.6) is 0 Å². The quantitative estimate of drug-likeness (QED) is 0.746.